The number of guanidine groups is 1. The van der Waals surface area contributed by atoms with Gasteiger partial charge in [0, 0.05) is 19.6 Å². The average Bonchev–Trinajstić information content (AvgIpc) is 2.43. The third kappa shape index (κ3) is 7.13. The van der Waals surface area contributed by atoms with Crippen LogP contribution in [0.4, 0.5) is 0 Å². The highest BCUT2D eigenvalue weighted by Crippen LogP contribution is 2.14. The Balaban J connectivity index is 2.22. The molecule has 118 valence electrons. The summed E-state index contributed by atoms with van der Waals surface area (Å²) in [4.78, 5) is 6.75. The molecule has 0 aromatic carbocycles. The molecule has 1 heterocycles. The molecule has 0 aromatic heterocycles. The molecule has 4 heteroatoms. The van der Waals surface area contributed by atoms with Crippen LogP contribution in [0.2, 0.25) is 0 Å². The smallest absolute Gasteiger partial charge is 0.191 e. The molecule has 0 aliphatic carbocycles. The number of aliphatic imine (C=N–C) groups is 1. The summed E-state index contributed by atoms with van der Waals surface area (Å²) in [5.74, 6) is 2.52. The van der Waals surface area contributed by atoms with Crippen LogP contribution in [0.25, 0.3) is 0 Å². The summed E-state index contributed by atoms with van der Waals surface area (Å²) in [5.41, 5.74) is 0. The third-order valence-corrected chi connectivity index (χ3v) is 4.18. The largest absolute Gasteiger partial charge is 0.356 e. The summed E-state index contributed by atoms with van der Waals surface area (Å²) in [6.07, 6.45) is 5.06. The highest BCUT2D eigenvalue weighted by Gasteiger charge is 2.17. The van der Waals surface area contributed by atoms with Gasteiger partial charge in [-0.05, 0) is 64.6 Å². The number of hydrogen-bond acceptors (Lipinski definition) is 2. The summed E-state index contributed by atoms with van der Waals surface area (Å²) in [6, 6.07) is 0.487. The average molecular weight is 282 g/mol. The summed E-state index contributed by atoms with van der Waals surface area (Å²) < 4.78 is 0. The van der Waals surface area contributed by atoms with Crippen molar-refractivity contribution in [3.63, 3.8) is 0 Å². The Morgan fingerprint density at radius 1 is 1.20 bits per heavy atom. The van der Waals surface area contributed by atoms with E-state index >= 15 is 0 Å². The summed E-state index contributed by atoms with van der Waals surface area (Å²) in [6.45, 7) is 10.3. The minimum atomic E-state index is 0.487. The van der Waals surface area contributed by atoms with E-state index in [1.54, 1.807) is 0 Å². The molecule has 0 saturated carbocycles. The zero-order chi connectivity index (χ0) is 15.0. The van der Waals surface area contributed by atoms with E-state index in [9.17, 15) is 0 Å². The van der Waals surface area contributed by atoms with Gasteiger partial charge < -0.3 is 15.5 Å². The fourth-order valence-electron chi connectivity index (χ4n) is 2.59. The van der Waals surface area contributed by atoms with E-state index < -0.39 is 0 Å². The van der Waals surface area contributed by atoms with Crippen molar-refractivity contribution in [2.75, 3.05) is 33.7 Å². The quantitative estimate of drug-likeness (QED) is 0.580. The molecule has 4 nitrogen and oxygen atoms in total. The minimum absolute atomic E-state index is 0.487. The number of piperidine rings is 1. The van der Waals surface area contributed by atoms with Gasteiger partial charge >= 0.3 is 0 Å². The van der Waals surface area contributed by atoms with Gasteiger partial charge in [0.1, 0.15) is 0 Å². The molecule has 1 fully saturated rings. The van der Waals surface area contributed by atoms with Gasteiger partial charge in [-0.2, -0.15) is 0 Å². The Morgan fingerprint density at radius 2 is 1.85 bits per heavy atom. The van der Waals surface area contributed by atoms with Crippen LogP contribution in [0.15, 0.2) is 4.99 Å². The van der Waals surface area contributed by atoms with E-state index in [2.05, 4.69) is 48.3 Å². The van der Waals surface area contributed by atoms with Crippen LogP contribution in [-0.4, -0.2) is 50.6 Å². The van der Waals surface area contributed by atoms with Crippen molar-refractivity contribution in [2.24, 2.45) is 16.8 Å². The number of hydrogen-bond donors (Lipinski definition) is 2. The molecule has 0 aromatic rings. The standard InChI is InChI=1S/C16H34N4/c1-13(2)6-7-14(3)19-16(17-4)18-12-15-8-10-20(5)11-9-15/h13-15H,6-12H2,1-5H3,(H2,17,18,19). The monoisotopic (exact) mass is 282 g/mol. The highest BCUT2D eigenvalue weighted by molar-refractivity contribution is 5.79. The van der Waals surface area contributed by atoms with Gasteiger partial charge in [-0.1, -0.05) is 13.8 Å². The lowest BCUT2D eigenvalue weighted by Crippen LogP contribution is -2.45. The predicted octanol–water partition coefficient (Wildman–Crippen LogP) is 2.32. The third-order valence-electron chi connectivity index (χ3n) is 4.18. The lowest BCUT2D eigenvalue weighted by molar-refractivity contribution is 0.220. The van der Waals surface area contributed by atoms with E-state index in [0.29, 0.717) is 6.04 Å². The molecule has 0 bridgehead atoms. The van der Waals surface area contributed by atoms with Gasteiger partial charge in [-0.25, -0.2) is 0 Å². The molecule has 1 rings (SSSR count). The van der Waals surface area contributed by atoms with Crippen LogP contribution in [0.3, 0.4) is 0 Å². The van der Waals surface area contributed by atoms with Crippen molar-refractivity contribution in [3.8, 4) is 0 Å². The van der Waals surface area contributed by atoms with Crippen LogP contribution in [-0.2, 0) is 0 Å². The predicted molar refractivity (Wildman–Crippen MR) is 88.3 cm³/mol. The zero-order valence-corrected chi connectivity index (χ0v) is 14.1. The topological polar surface area (TPSA) is 39.7 Å². The van der Waals surface area contributed by atoms with E-state index in [1.807, 2.05) is 7.05 Å². The number of nitrogens with one attached hydrogen (secondary N) is 2. The molecule has 1 saturated heterocycles. The normalized spacial score (nSPS) is 20.2. The fraction of sp³-hybridized carbons (Fsp3) is 0.938. The van der Waals surface area contributed by atoms with Crippen LogP contribution in [0, 0.1) is 11.8 Å². The minimum Gasteiger partial charge on any atom is -0.356 e. The second-order valence-electron chi connectivity index (χ2n) is 6.72. The molecule has 1 atom stereocenters. The maximum Gasteiger partial charge on any atom is 0.191 e. The second-order valence-corrected chi connectivity index (χ2v) is 6.72. The molecule has 1 aliphatic heterocycles. The first kappa shape index (κ1) is 17.3. The van der Waals surface area contributed by atoms with Gasteiger partial charge in [-0.3, -0.25) is 4.99 Å². The van der Waals surface area contributed by atoms with Crippen molar-refractivity contribution in [2.45, 2.75) is 52.5 Å². The maximum atomic E-state index is 4.34. The Hall–Kier alpha value is -0.770. The summed E-state index contributed by atoms with van der Waals surface area (Å²) >= 11 is 0. The molecule has 0 spiro atoms. The van der Waals surface area contributed by atoms with Gasteiger partial charge in [0.05, 0.1) is 0 Å². The SMILES string of the molecule is CN=C(NCC1CCN(C)CC1)NC(C)CCC(C)C. The Kier molecular flexibility index (Phi) is 7.97. The van der Waals surface area contributed by atoms with E-state index in [4.69, 9.17) is 0 Å². The second kappa shape index (κ2) is 9.22. The van der Waals surface area contributed by atoms with Crippen molar-refractivity contribution in [1.82, 2.24) is 15.5 Å². The van der Waals surface area contributed by atoms with Crippen molar-refractivity contribution in [1.29, 1.82) is 0 Å². The van der Waals surface area contributed by atoms with Gasteiger partial charge in [0.2, 0.25) is 0 Å². The number of nitrogens with zero attached hydrogens (tertiary/aromatic N) is 2. The van der Waals surface area contributed by atoms with E-state index in [0.717, 1.165) is 24.3 Å². The summed E-state index contributed by atoms with van der Waals surface area (Å²) in [7, 11) is 4.07. The molecule has 0 amide bonds. The lowest BCUT2D eigenvalue weighted by atomic mass is 9.97. The van der Waals surface area contributed by atoms with Crippen molar-refractivity contribution in [3.05, 3.63) is 0 Å². The molecule has 1 unspecified atom stereocenters. The van der Waals surface area contributed by atoms with Crippen LogP contribution >= 0.6 is 0 Å². The van der Waals surface area contributed by atoms with Crippen molar-refractivity contribution >= 4 is 5.96 Å². The highest BCUT2D eigenvalue weighted by atomic mass is 15.2. The first-order chi connectivity index (χ1) is 9.51. The molecule has 20 heavy (non-hydrogen) atoms. The number of rotatable bonds is 6. The van der Waals surface area contributed by atoms with Gasteiger partial charge in [0.15, 0.2) is 5.96 Å². The molecule has 1 aliphatic rings. The Labute approximate surface area is 125 Å². The van der Waals surface area contributed by atoms with Crippen LogP contribution < -0.4 is 10.6 Å². The van der Waals surface area contributed by atoms with Gasteiger partial charge in [0.25, 0.3) is 0 Å². The molecular formula is C16H34N4. The molecule has 2 N–H and O–H groups in total. The Bertz CT molecular complexity index is 280. The first-order valence-electron chi connectivity index (χ1n) is 8.17. The van der Waals surface area contributed by atoms with Crippen LogP contribution in [0.5, 0.6) is 0 Å². The maximum absolute atomic E-state index is 4.34. The van der Waals surface area contributed by atoms with Crippen LogP contribution in [0.1, 0.15) is 46.5 Å². The van der Waals surface area contributed by atoms with E-state index in [1.165, 1.54) is 38.8 Å². The lowest BCUT2D eigenvalue weighted by Gasteiger charge is -2.29. The van der Waals surface area contributed by atoms with Crippen molar-refractivity contribution < 1.29 is 0 Å². The van der Waals surface area contributed by atoms with Gasteiger partial charge in [-0.15, -0.1) is 0 Å². The first-order valence-corrected chi connectivity index (χ1v) is 8.17. The molecule has 0 radical (unpaired) electrons. The zero-order valence-electron chi connectivity index (χ0n) is 14.1. The molecular weight excluding hydrogens is 248 g/mol. The van der Waals surface area contributed by atoms with E-state index in [-0.39, 0.29) is 0 Å². The Morgan fingerprint density at radius 3 is 2.40 bits per heavy atom. The summed E-state index contributed by atoms with van der Waals surface area (Å²) in [5, 5.41) is 6.99. The fourth-order valence-corrected chi connectivity index (χ4v) is 2.59. The number of likely N-dealkylation sites (tertiary alicyclic amines) is 1.